The predicted molar refractivity (Wildman–Crippen MR) is 231 cm³/mol. The van der Waals surface area contributed by atoms with Gasteiger partial charge in [-0.2, -0.15) is 0 Å². The average Bonchev–Trinajstić information content (AvgIpc) is 3.12. The van der Waals surface area contributed by atoms with Crippen LogP contribution in [-0.4, -0.2) is 73.4 Å². The van der Waals surface area contributed by atoms with Gasteiger partial charge in [-0.3, -0.25) is 13.8 Å². The number of phosphoric ester groups is 1. The molecule has 0 bridgehead atoms. The molecule has 0 rings (SSSR count). The van der Waals surface area contributed by atoms with Crippen LogP contribution in [0.2, 0.25) is 0 Å². The van der Waals surface area contributed by atoms with Crippen molar-refractivity contribution in [1.82, 2.24) is 5.32 Å². The summed E-state index contributed by atoms with van der Waals surface area (Å²) in [5.74, 6) is -0.183. The highest BCUT2D eigenvalue weighted by Crippen LogP contribution is 2.43. The van der Waals surface area contributed by atoms with Gasteiger partial charge in [0, 0.05) is 6.42 Å². The predicted octanol–water partition coefficient (Wildman–Crippen LogP) is 12.3. The zero-order chi connectivity index (χ0) is 40.0. The van der Waals surface area contributed by atoms with E-state index in [1.807, 2.05) is 27.2 Å². The number of amides is 1. The molecule has 8 nitrogen and oxygen atoms in total. The number of carbonyl (C=O) groups excluding carboxylic acids is 1. The number of rotatable bonds is 40. The van der Waals surface area contributed by atoms with Crippen molar-refractivity contribution < 1.29 is 32.9 Å². The van der Waals surface area contributed by atoms with Gasteiger partial charge in [0.25, 0.3) is 0 Å². The molecule has 0 heterocycles. The summed E-state index contributed by atoms with van der Waals surface area (Å²) in [7, 11) is 1.57. The molecular weight excluding hydrogens is 695 g/mol. The van der Waals surface area contributed by atoms with Crippen molar-refractivity contribution in [2.45, 2.75) is 206 Å². The summed E-state index contributed by atoms with van der Waals surface area (Å²) >= 11 is 0. The van der Waals surface area contributed by atoms with Gasteiger partial charge < -0.3 is 19.8 Å². The first kappa shape index (κ1) is 52.7. The number of unbranched alkanes of at least 4 members (excludes halogenated alkanes) is 23. The maximum Gasteiger partial charge on any atom is 0.472 e. The SMILES string of the molecule is CCCCC/C=C\C/C=C\CCCCCCCCCCCC(=O)NC(COP(=O)(O)OCC[N+](C)(C)C)C(O)/C=C/CCCCCCCCCCCCC. The number of hydrogen-bond acceptors (Lipinski definition) is 5. The maximum absolute atomic E-state index is 12.9. The minimum atomic E-state index is -4.33. The van der Waals surface area contributed by atoms with Gasteiger partial charge in [-0.1, -0.05) is 172 Å². The smallest absolute Gasteiger partial charge is 0.387 e. The molecule has 0 fully saturated rings. The number of phosphoric acid groups is 1. The van der Waals surface area contributed by atoms with Crippen molar-refractivity contribution in [1.29, 1.82) is 0 Å². The second-order valence-electron chi connectivity index (χ2n) is 16.4. The van der Waals surface area contributed by atoms with Gasteiger partial charge in [0.1, 0.15) is 13.2 Å². The lowest BCUT2D eigenvalue weighted by Crippen LogP contribution is -2.45. The molecule has 3 atom stereocenters. The van der Waals surface area contributed by atoms with Crippen molar-refractivity contribution >= 4 is 13.7 Å². The van der Waals surface area contributed by atoms with E-state index < -0.39 is 20.0 Å². The molecule has 318 valence electrons. The summed E-state index contributed by atoms with van der Waals surface area (Å²) in [6, 6.07) is -0.846. The molecule has 3 unspecified atom stereocenters. The maximum atomic E-state index is 12.9. The second-order valence-corrected chi connectivity index (χ2v) is 17.9. The van der Waals surface area contributed by atoms with Gasteiger partial charge in [0.15, 0.2) is 0 Å². The molecule has 9 heteroatoms. The first-order valence-corrected chi connectivity index (χ1v) is 23.9. The number of likely N-dealkylation sites (N-methyl/N-ethyl adjacent to an activating group) is 1. The molecule has 0 aromatic carbocycles. The van der Waals surface area contributed by atoms with Crippen molar-refractivity contribution in [3.05, 3.63) is 36.5 Å². The third-order valence-electron chi connectivity index (χ3n) is 9.85. The van der Waals surface area contributed by atoms with E-state index in [2.05, 4.69) is 43.5 Å². The quantitative estimate of drug-likeness (QED) is 0.0247. The Hall–Kier alpha value is -1.28. The molecule has 0 saturated carbocycles. The molecule has 0 aliphatic heterocycles. The topological polar surface area (TPSA) is 105 Å². The van der Waals surface area contributed by atoms with Crippen LogP contribution in [0, 0.1) is 0 Å². The monoisotopic (exact) mass is 784 g/mol. The molecule has 0 aromatic heterocycles. The summed E-state index contributed by atoms with van der Waals surface area (Å²) in [4.78, 5) is 23.1. The van der Waals surface area contributed by atoms with E-state index in [1.165, 1.54) is 128 Å². The largest absolute Gasteiger partial charge is 0.472 e. The Bertz CT molecular complexity index is 980. The summed E-state index contributed by atoms with van der Waals surface area (Å²) < 4.78 is 23.5. The highest BCUT2D eigenvalue weighted by atomic mass is 31.2. The van der Waals surface area contributed by atoms with Crippen LogP contribution in [0.3, 0.4) is 0 Å². The van der Waals surface area contributed by atoms with Crippen LogP contribution in [0.25, 0.3) is 0 Å². The van der Waals surface area contributed by atoms with E-state index in [1.54, 1.807) is 6.08 Å². The molecule has 0 aliphatic carbocycles. The Morgan fingerprint density at radius 1 is 0.630 bits per heavy atom. The Balaban J connectivity index is 4.39. The normalized spacial score (nSPS) is 14.7. The minimum Gasteiger partial charge on any atom is -0.387 e. The fourth-order valence-electron chi connectivity index (χ4n) is 6.25. The number of carbonyl (C=O) groups is 1. The van der Waals surface area contributed by atoms with Gasteiger partial charge >= 0.3 is 7.82 Å². The van der Waals surface area contributed by atoms with Crippen LogP contribution in [0.1, 0.15) is 194 Å². The summed E-state index contributed by atoms with van der Waals surface area (Å²) in [6.45, 7) is 4.78. The number of aliphatic hydroxyl groups excluding tert-OH is 1. The lowest BCUT2D eigenvalue weighted by Gasteiger charge is -2.25. The summed E-state index contributed by atoms with van der Waals surface area (Å²) in [5.41, 5.74) is 0. The number of quaternary nitrogens is 1. The van der Waals surface area contributed by atoms with Gasteiger partial charge in [-0.15, -0.1) is 0 Å². The van der Waals surface area contributed by atoms with E-state index in [0.717, 1.165) is 44.9 Å². The highest BCUT2D eigenvalue weighted by Gasteiger charge is 2.27. The van der Waals surface area contributed by atoms with Crippen molar-refractivity contribution in [2.75, 3.05) is 40.9 Å². The summed E-state index contributed by atoms with van der Waals surface area (Å²) in [5, 5.41) is 13.8. The van der Waals surface area contributed by atoms with Crippen LogP contribution < -0.4 is 5.32 Å². The average molecular weight is 784 g/mol. The number of allylic oxidation sites excluding steroid dienone is 5. The lowest BCUT2D eigenvalue weighted by molar-refractivity contribution is -0.870. The van der Waals surface area contributed by atoms with Crippen molar-refractivity contribution in [3.63, 3.8) is 0 Å². The molecule has 54 heavy (non-hydrogen) atoms. The zero-order valence-electron chi connectivity index (χ0n) is 36.0. The van der Waals surface area contributed by atoms with E-state index >= 15 is 0 Å². The molecule has 1 amide bonds. The van der Waals surface area contributed by atoms with Crippen molar-refractivity contribution in [3.8, 4) is 0 Å². The molecule has 3 N–H and O–H groups in total. The molecular formula is C45H88N2O6P+. The number of nitrogens with zero attached hydrogens (tertiary/aromatic N) is 1. The van der Waals surface area contributed by atoms with Gasteiger partial charge in [0.05, 0.1) is 39.9 Å². The molecule has 0 aliphatic rings. The van der Waals surface area contributed by atoms with Crippen LogP contribution in [0.5, 0.6) is 0 Å². The Labute approximate surface area is 334 Å². The Morgan fingerprint density at radius 2 is 1.06 bits per heavy atom. The van der Waals surface area contributed by atoms with E-state index in [-0.39, 0.29) is 19.1 Å². The number of aliphatic hydroxyl groups is 1. The molecule has 0 saturated heterocycles. The van der Waals surface area contributed by atoms with Crippen molar-refractivity contribution in [2.24, 2.45) is 0 Å². The molecule has 0 spiro atoms. The third-order valence-corrected chi connectivity index (χ3v) is 10.8. The third kappa shape index (κ3) is 39.0. The minimum absolute atomic E-state index is 0.0604. The first-order chi connectivity index (χ1) is 26.0. The fraction of sp³-hybridized carbons (Fsp3) is 0.844. The number of nitrogens with one attached hydrogen (secondary N) is 1. The van der Waals surface area contributed by atoms with E-state index in [9.17, 15) is 19.4 Å². The van der Waals surface area contributed by atoms with Crippen LogP contribution >= 0.6 is 7.82 Å². The standard InChI is InChI=1S/C45H87N2O6P/c1-6-8-10-12-14-16-18-20-21-22-23-24-25-27-29-31-33-35-37-39-45(49)46-43(42-53-54(50,51)52-41-40-47(3,4)5)44(48)38-36-34-32-30-28-26-19-17-15-13-11-9-7-2/h14,16,20-21,36,38,43-44,48H,6-13,15,17-19,22-35,37,39-42H2,1-5H3,(H-,46,49,50,51)/p+1/b16-14-,21-20-,38-36+. The zero-order valence-corrected chi connectivity index (χ0v) is 36.9. The van der Waals surface area contributed by atoms with Gasteiger partial charge in [-0.05, 0) is 51.4 Å². The van der Waals surface area contributed by atoms with Crippen LogP contribution in [0.15, 0.2) is 36.5 Å². The fourth-order valence-corrected chi connectivity index (χ4v) is 6.98. The van der Waals surface area contributed by atoms with Crippen LogP contribution in [-0.2, 0) is 18.4 Å². The molecule has 0 aromatic rings. The lowest BCUT2D eigenvalue weighted by atomic mass is 10.0. The highest BCUT2D eigenvalue weighted by molar-refractivity contribution is 7.47. The van der Waals surface area contributed by atoms with Gasteiger partial charge in [0.2, 0.25) is 5.91 Å². The Kier molecular flexibility index (Phi) is 36.4. The first-order valence-electron chi connectivity index (χ1n) is 22.4. The van der Waals surface area contributed by atoms with Crippen LogP contribution in [0.4, 0.5) is 0 Å². The number of hydrogen-bond donors (Lipinski definition) is 3. The van der Waals surface area contributed by atoms with Gasteiger partial charge in [-0.25, -0.2) is 4.57 Å². The summed E-state index contributed by atoms with van der Waals surface area (Å²) in [6.07, 6.45) is 44.9. The Morgan fingerprint density at radius 3 is 1.56 bits per heavy atom. The van der Waals surface area contributed by atoms with E-state index in [4.69, 9.17) is 9.05 Å². The van der Waals surface area contributed by atoms with E-state index in [0.29, 0.717) is 17.4 Å². The second kappa shape index (κ2) is 37.3. The molecule has 0 radical (unpaired) electrons.